The van der Waals surface area contributed by atoms with Gasteiger partial charge in [-0.05, 0) is 56.0 Å². The van der Waals surface area contributed by atoms with E-state index in [4.69, 9.17) is 46.4 Å². The Kier molecular flexibility index (Phi) is 15.2. The Balaban J connectivity index is 1.27. The lowest BCUT2D eigenvalue weighted by atomic mass is 10.0. The maximum Gasteiger partial charge on any atom is 0.273 e. The monoisotopic (exact) mass is 734 g/mol. The van der Waals surface area contributed by atoms with Crippen molar-refractivity contribution in [3.8, 4) is 23.1 Å². The molecule has 11 heteroatoms. The number of allylic oxidation sites excluding steroid dienone is 2. The van der Waals surface area contributed by atoms with E-state index in [9.17, 15) is 15.0 Å². The van der Waals surface area contributed by atoms with Crippen LogP contribution in [0.5, 0.6) is 11.8 Å². The number of unbranched alkanes of at least 4 members (excludes halogenated alkanes) is 12. The molecule has 0 aliphatic heterocycles. The zero-order valence-corrected chi connectivity index (χ0v) is 30.5. The molecule has 0 atom stereocenters. The van der Waals surface area contributed by atoms with Gasteiger partial charge in [0.2, 0.25) is 5.88 Å². The highest BCUT2D eigenvalue weighted by Gasteiger charge is 2.18. The van der Waals surface area contributed by atoms with Crippen LogP contribution in [0.15, 0.2) is 59.4 Å². The summed E-state index contributed by atoms with van der Waals surface area (Å²) in [6, 6.07) is 10.9. The number of aryl methyl sites for hydroxylation is 1. The molecular formula is C37H46Cl4N4O3. The molecule has 0 aliphatic rings. The van der Waals surface area contributed by atoms with Crippen molar-refractivity contribution in [1.29, 1.82) is 0 Å². The standard InChI is InChI=1S/C37H46Cl4N4O3/c1-2-3-4-5-6-7-8-9-10-11-12-13-14-15-16-17-18-26-21-34(46)44(37(26)48)28-19-20-29(39)32(24-28)42-33-25-35(47)45(43-33)36-30(40)22-27(38)23-31(36)41/h15-16,19-25,42-43,46,48H,2-14,17-18H2,1H3. The largest absolute Gasteiger partial charge is 0.494 e. The third-order valence-corrected chi connectivity index (χ3v) is 9.53. The summed E-state index contributed by atoms with van der Waals surface area (Å²) in [5, 5.41) is 28.9. The third kappa shape index (κ3) is 10.8. The van der Waals surface area contributed by atoms with Gasteiger partial charge in [-0.25, -0.2) is 4.68 Å². The smallest absolute Gasteiger partial charge is 0.273 e. The van der Waals surface area contributed by atoms with E-state index in [2.05, 4.69) is 29.5 Å². The molecule has 2 heterocycles. The van der Waals surface area contributed by atoms with Crippen LogP contribution in [-0.2, 0) is 6.42 Å². The summed E-state index contributed by atoms with van der Waals surface area (Å²) in [6.07, 6.45) is 22.9. The first-order chi connectivity index (χ1) is 23.2. The van der Waals surface area contributed by atoms with Gasteiger partial charge in [-0.3, -0.25) is 14.5 Å². The molecule has 0 radical (unpaired) electrons. The van der Waals surface area contributed by atoms with Gasteiger partial charge in [0.1, 0.15) is 11.5 Å². The third-order valence-electron chi connectivity index (χ3n) is 8.41. The Bertz CT molecular complexity index is 1690. The topological polar surface area (TPSA) is 95.2 Å². The molecule has 4 rings (SSSR count). The Labute approximate surface area is 303 Å². The Morgan fingerprint density at radius 1 is 0.750 bits per heavy atom. The molecule has 0 aliphatic carbocycles. The zero-order chi connectivity index (χ0) is 34.5. The predicted molar refractivity (Wildman–Crippen MR) is 202 cm³/mol. The number of hydrogen-bond acceptors (Lipinski definition) is 4. The summed E-state index contributed by atoms with van der Waals surface area (Å²) >= 11 is 25.1. The highest BCUT2D eigenvalue weighted by atomic mass is 35.5. The Morgan fingerprint density at radius 2 is 1.35 bits per heavy atom. The number of H-pyrrole nitrogens is 1. The second-order valence-electron chi connectivity index (χ2n) is 12.2. The number of halogens is 4. The summed E-state index contributed by atoms with van der Waals surface area (Å²) in [5.41, 5.74) is 1.41. The van der Waals surface area contributed by atoms with Crippen molar-refractivity contribution in [2.24, 2.45) is 0 Å². The van der Waals surface area contributed by atoms with Gasteiger partial charge in [0, 0.05) is 22.7 Å². The van der Waals surface area contributed by atoms with Crippen molar-refractivity contribution < 1.29 is 10.2 Å². The molecule has 48 heavy (non-hydrogen) atoms. The number of aromatic nitrogens is 3. The number of rotatable bonds is 20. The molecule has 0 unspecified atom stereocenters. The van der Waals surface area contributed by atoms with Gasteiger partial charge in [-0.1, -0.05) is 136 Å². The summed E-state index contributed by atoms with van der Waals surface area (Å²) in [7, 11) is 0. The van der Waals surface area contributed by atoms with Gasteiger partial charge < -0.3 is 15.5 Å². The molecule has 260 valence electrons. The SMILES string of the molecule is CCCCCCCCCCCCCCC=CCCc1cc(O)n(-c2ccc(Cl)c(Nc3cc(=O)n(-c4c(Cl)cc(Cl)cc4Cl)[nH]3)c2)c1O. The van der Waals surface area contributed by atoms with Crippen molar-refractivity contribution in [2.75, 3.05) is 5.32 Å². The van der Waals surface area contributed by atoms with Crippen LogP contribution in [0, 0.1) is 0 Å². The van der Waals surface area contributed by atoms with E-state index in [0.29, 0.717) is 39.2 Å². The first-order valence-corrected chi connectivity index (χ1v) is 18.5. The predicted octanol–water partition coefficient (Wildman–Crippen LogP) is 12.3. The van der Waals surface area contributed by atoms with Crippen LogP contribution in [0.2, 0.25) is 20.1 Å². The lowest BCUT2D eigenvalue weighted by molar-refractivity contribution is 0.400. The van der Waals surface area contributed by atoms with Gasteiger partial charge in [-0.15, -0.1) is 0 Å². The molecular weight excluding hydrogens is 690 g/mol. The summed E-state index contributed by atoms with van der Waals surface area (Å²) < 4.78 is 2.55. The summed E-state index contributed by atoms with van der Waals surface area (Å²) in [5.74, 6) is 0.183. The number of aromatic amines is 1. The van der Waals surface area contributed by atoms with Crippen LogP contribution in [0.25, 0.3) is 11.4 Å². The van der Waals surface area contributed by atoms with Crippen molar-refractivity contribution >= 4 is 57.9 Å². The highest BCUT2D eigenvalue weighted by Crippen LogP contribution is 2.36. The van der Waals surface area contributed by atoms with Crippen molar-refractivity contribution in [3.63, 3.8) is 0 Å². The number of nitrogens with one attached hydrogen (secondary N) is 2. The molecule has 0 fully saturated rings. The van der Waals surface area contributed by atoms with Crippen LogP contribution in [0.3, 0.4) is 0 Å². The fraction of sp³-hybridized carbons (Fsp3) is 0.432. The molecule has 0 saturated carbocycles. The molecule has 7 nitrogen and oxygen atoms in total. The molecule has 2 aromatic heterocycles. The van der Waals surface area contributed by atoms with E-state index < -0.39 is 5.56 Å². The van der Waals surface area contributed by atoms with Crippen LogP contribution in [0.4, 0.5) is 11.5 Å². The van der Waals surface area contributed by atoms with E-state index >= 15 is 0 Å². The molecule has 0 spiro atoms. The van der Waals surface area contributed by atoms with Crippen molar-refractivity contribution in [2.45, 2.75) is 103 Å². The first-order valence-electron chi connectivity index (χ1n) is 17.0. The van der Waals surface area contributed by atoms with E-state index in [-0.39, 0.29) is 27.5 Å². The average Bonchev–Trinajstić information content (AvgIpc) is 3.54. The number of hydrogen-bond donors (Lipinski definition) is 4. The number of nitrogens with zero attached hydrogens (tertiary/aromatic N) is 2. The molecule has 0 bridgehead atoms. The second kappa shape index (κ2) is 19.3. The van der Waals surface area contributed by atoms with Crippen molar-refractivity contribution in [3.05, 3.63) is 90.6 Å². The number of benzene rings is 2. The first kappa shape index (κ1) is 37.8. The van der Waals surface area contributed by atoms with Crippen molar-refractivity contribution in [1.82, 2.24) is 14.3 Å². The minimum atomic E-state index is -0.413. The van der Waals surface area contributed by atoms with E-state index in [1.54, 1.807) is 24.3 Å². The second-order valence-corrected chi connectivity index (χ2v) is 13.9. The normalized spacial score (nSPS) is 11.6. The van der Waals surface area contributed by atoms with Crippen LogP contribution < -0.4 is 10.9 Å². The van der Waals surface area contributed by atoms with Gasteiger partial charge in [0.25, 0.3) is 5.56 Å². The minimum absolute atomic E-state index is 0.0401. The summed E-state index contributed by atoms with van der Waals surface area (Å²) in [6.45, 7) is 2.26. The number of aromatic hydroxyl groups is 2. The summed E-state index contributed by atoms with van der Waals surface area (Å²) in [4.78, 5) is 12.8. The zero-order valence-electron chi connectivity index (χ0n) is 27.5. The van der Waals surface area contributed by atoms with Gasteiger partial charge in [0.05, 0.1) is 26.4 Å². The molecule has 2 aromatic carbocycles. The average molecular weight is 737 g/mol. The number of anilines is 2. The minimum Gasteiger partial charge on any atom is -0.494 e. The molecule has 0 saturated heterocycles. The fourth-order valence-corrected chi connectivity index (χ4v) is 6.97. The Morgan fingerprint density at radius 3 is 2.00 bits per heavy atom. The lowest BCUT2D eigenvalue weighted by Gasteiger charge is -2.12. The molecule has 0 amide bonds. The van der Waals surface area contributed by atoms with E-state index in [0.717, 1.165) is 12.8 Å². The van der Waals surface area contributed by atoms with Crippen LogP contribution in [0.1, 0.15) is 102 Å². The molecule has 4 aromatic rings. The molecule has 4 N–H and O–H groups in total. The van der Waals surface area contributed by atoms with Crippen LogP contribution >= 0.6 is 46.4 Å². The quantitative estimate of drug-likeness (QED) is 0.0537. The maximum absolute atomic E-state index is 12.8. The van der Waals surface area contributed by atoms with E-state index in [1.807, 2.05) is 0 Å². The highest BCUT2D eigenvalue weighted by molar-refractivity contribution is 6.40. The van der Waals surface area contributed by atoms with Gasteiger partial charge in [-0.2, -0.15) is 0 Å². The fourth-order valence-electron chi connectivity index (χ4n) is 5.82. The maximum atomic E-state index is 12.8. The lowest BCUT2D eigenvalue weighted by Crippen LogP contribution is -2.14. The van der Waals surface area contributed by atoms with Gasteiger partial charge in [0.15, 0.2) is 5.88 Å². The van der Waals surface area contributed by atoms with E-state index in [1.165, 1.54) is 104 Å². The van der Waals surface area contributed by atoms with Crippen LogP contribution in [-0.4, -0.2) is 24.6 Å². The Hall–Kier alpha value is -2.97. The van der Waals surface area contributed by atoms with Gasteiger partial charge >= 0.3 is 0 Å².